The normalized spacial score (nSPS) is 17.9. The maximum Gasteiger partial charge on any atom is 0.410 e. The fourth-order valence-electron chi connectivity index (χ4n) is 4.19. The Morgan fingerprint density at radius 1 is 1.21 bits per heavy atom. The van der Waals surface area contributed by atoms with Gasteiger partial charge in [-0.15, -0.1) is 0 Å². The number of ether oxygens (including phenoxy) is 3. The molecule has 1 spiro atoms. The van der Waals surface area contributed by atoms with Gasteiger partial charge in [0.1, 0.15) is 23.0 Å². The summed E-state index contributed by atoms with van der Waals surface area (Å²) >= 11 is 0. The van der Waals surface area contributed by atoms with E-state index in [9.17, 15) is 14.4 Å². The lowest BCUT2D eigenvalue weighted by Crippen LogP contribution is -2.58. The number of halogens is 1. The number of piperidine rings is 1. The molecule has 0 radical (unpaired) electrons. The number of nitrogens with zero attached hydrogens (tertiary/aromatic N) is 4. The molecule has 0 saturated carbocycles. The summed E-state index contributed by atoms with van der Waals surface area (Å²) in [6.07, 6.45) is 1.08. The van der Waals surface area contributed by atoms with Gasteiger partial charge in [-0.3, -0.25) is 0 Å². The number of hydrogen-bond donors (Lipinski definition) is 0. The van der Waals surface area contributed by atoms with Gasteiger partial charge in [0.2, 0.25) is 5.88 Å². The van der Waals surface area contributed by atoms with Crippen molar-refractivity contribution in [2.75, 3.05) is 37.7 Å². The predicted molar refractivity (Wildman–Crippen MR) is 123 cm³/mol. The van der Waals surface area contributed by atoms with Gasteiger partial charge in [0.15, 0.2) is 0 Å². The quantitative estimate of drug-likeness (QED) is 0.656. The van der Waals surface area contributed by atoms with Crippen molar-refractivity contribution in [3.05, 3.63) is 47.8 Å². The number of anilines is 1. The van der Waals surface area contributed by atoms with E-state index in [0.717, 1.165) is 0 Å². The Morgan fingerprint density at radius 2 is 1.97 bits per heavy atom. The van der Waals surface area contributed by atoms with E-state index in [0.29, 0.717) is 62.8 Å². The topological polar surface area (TPSA) is 87.9 Å². The molecule has 180 valence electrons. The second-order valence-corrected chi connectivity index (χ2v) is 9.64. The van der Waals surface area contributed by atoms with Crippen molar-refractivity contribution in [3.63, 3.8) is 0 Å². The minimum Gasteiger partial charge on any atom is -0.444 e. The number of benzene rings is 1. The van der Waals surface area contributed by atoms with Crippen LogP contribution in [0.15, 0.2) is 36.4 Å². The van der Waals surface area contributed by atoms with Crippen molar-refractivity contribution < 1.29 is 23.4 Å². The molecule has 0 unspecified atom stereocenters. The van der Waals surface area contributed by atoms with Crippen LogP contribution in [0.4, 0.5) is 15.0 Å². The lowest BCUT2D eigenvalue weighted by molar-refractivity contribution is -0.119. The zero-order valence-electron chi connectivity index (χ0n) is 19.7. The van der Waals surface area contributed by atoms with Gasteiger partial charge in [-0.25, -0.2) is 9.18 Å². The van der Waals surface area contributed by atoms with Crippen molar-refractivity contribution in [2.45, 2.75) is 44.8 Å². The number of carbonyl (C=O) groups is 1. The van der Waals surface area contributed by atoms with Gasteiger partial charge in [-0.05, 0) is 51.8 Å². The van der Waals surface area contributed by atoms with Gasteiger partial charge in [-0.1, -0.05) is 6.07 Å². The van der Waals surface area contributed by atoms with E-state index in [1.54, 1.807) is 23.1 Å². The van der Waals surface area contributed by atoms with E-state index >= 15 is 0 Å². The lowest BCUT2D eigenvalue weighted by Gasteiger charge is -2.47. The molecular formula is C25H29FN4O4. The first-order valence-electron chi connectivity index (χ1n) is 11.4. The molecule has 3 heterocycles. The van der Waals surface area contributed by atoms with Crippen molar-refractivity contribution >= 4 is 11.9 Å². The Bertz CT molecular complexity index is 1090. The van der Waals surface area contributed by atoms with Gasteiger partial charge in [0, 0.05) is 31.8 Å². The number of pyridine rings is 1. The molecule has 0 atom stereocenters. The van der Waals surface area contributed by atoms with E-state index in [1.807, 2.05) is 20.8 Å². The van der Waals surface area contributed by atoms with Crippen LogP contribution in [0.25, 0.3) is 0 Å². The Balaban J connectivity index is 1.44. The van der Waals surface area contributed by atoms with Crippen LogP contribution >= 0.6 is 0 Å². The fourth-order valence-corrected chi connectivity index (χ4v) is 4.19. The first kappa shape index (κ1) is 23.8. The molecule has 1 aromatic heterocycles. The molecule has 4 rings (SSSR count). The summed E-state index contributed by atoms with van der Waals surface area (Å²) in [7, 11) is 0. The highest BCUT2D eigenvalue weighted by Crippen LogP contribution is 2.33. The van der Waals surface area contributed by atoms with Crippen LogP contribution in [-0.2, 0) is 9.47 Å². The standard InChI is InChI=1S/C25H29FN4O4/c1-24(2,3)34-23(31)30-11-12-32-25(17-30)7-9-29(10-8-25)21-13-18(16-27)14-22(28-21)33-20-6-4-5-19(26)15-20/h4-6,13-15H,7-12,17H2,1-3H3. The third kappa shape index (κ3) is 5.75. The average molecular weight is 469 g/mol. The minimum absolute atomic E-state index is 0.227. The third-order valence-electron chi connectivity index (χ3n) is 5.83. The van der Waals surface area contributed by atoms with E-state index in [4.69, 9.17) is 14.2 Å². The van der Waals surface area contributed by atoms with Gasteiger partial charge in [0.05, 0.1) is 30.4 Å². The molecule has 1 aromatic carbocycles. The minimum atomic E-state index is -0.547. The SMILES string of the molecule is CC(C)(C)OC(=O)N1CCOC2(CCN(c3cc(C#N)cc(Oc4cccc(F)c4)n3)CC2)C1. The van der Waals surface area contributed by atoms with Gasteiger partial charge >= 0.3 is 6.09 Å². The summed E-state index contributed by atoms with van der Waals surface area (Å²) in [5.74, 6) is 0.734. The number of nitriles is 1. The number of carbonyl (C=O) groups excluding carboxylic acids is 1. The van der Waals surface area contributed by atoms with Gasteiger partial charge in [0.25, 0.3) is 0 Å². The third-order valence-corrected chi connectivity index (χ3v) is 5.83. The van der Waals surface area contributed by atoms with Crippen molar-refractivity contribution in [2.24, 2.45) is 0 Å². The molecule has 0 aliphatic carbocycles. The molecule has 8 nitrogen and oxygen atoms in total. The summed E-state index contributed by atoms with van der Waals surface area (Å²) in [6.45, 7) is 8.30. The maximum absolute atomic E-state index is 13.5. The molecule has 2 aliphatic heterocycles. The van der Waals surface area contributed by atoms with Crippen LogP contribution in [0, 0.1) is 17.1 Å². The van der Waals surface area contributed by atoms with Crippen LogP contribution in [0.1, 0.15) is 39.2 Å². The highest BCUT2D eigenvalue weighted by Gasteiger charge is 2.42. The Kier molecular flexibility index (Phi) is 6.62. The highest BCUT2D eigenvalue weighted by atomic mass is 19.1. The molecule has 2 aliphatic rings. The van der Waals surface area contributed by atoms with Gasteiger partial charge in [-0.2, -0.15) is 10.2 Å². The molecule has 0 bridgehead atoms. The largest absolute Gasteiger partial charge is 0.444 e. The monoisotopic (exact) mass is 468 g/mol. The van der Waals surface area contributed by atoms with Gasteiger partial charge < -0.3 is 24.0 Å². The average Bonchev–Trinajstić information content (AvgIpc) is 2.78. The first-order valence-corrected chi connectivity index (χ1v) is 11.4. The van der Waals surface area contributed by atoms with Crippen LogP contribution in [0.3, 0.4) is 0 Å². The number of amides is 1. The molecule has 1 amide bonds. The fraction of sp³-hybridized carbons (Fsp3) is 0.480. The zero-order valence-corrected chi connectivity index (χ0v) is 19.7. The van der Waals surface area contributed by atoms with Crippen LogP contribution in [-0.4, -0.2) is 60.0 Å². The first-order chi connectivity index (χ1) is 16.1. The lowest BCUT2D eigenvalue weighted by atomic mass is 9.89. The summed E-state index contributed by atoms with van der Waals surface area (Å²) in [6, 6.07) is 11.2. The second kappa shape index (κ2) is 9.47. The Labute approximate surface area is 198 Å². The molecule has 0 N–H and O–H groups in total. The maximum atomic E-state index is 13.5. The molecular weight excluding hydrogens is 439 g/mol. The number of rotatable bonds is 3. The predicted octanol–water partition coefficient (Wildman–Crippen LogP) is 4.49. The number of morpholine rings is 1. The van der Waals surface area contributed by atoms with Crippen molar-refractivity contribution in [1.82, 2.24) is 9.88 Å². The smallest absolute Gasteiger partial charge is 0.410 e. The summed E-state index contributed by atoms with van der Waals surface area (Å²) in [4.78, 5) is 20.9. The molecule has 2 saturated heterocycles. The van der Waals surface area contributed by atoms with E-state index in [-0.39, 0.29) is 12.0 Å². The molecule has 34 heavy (non-hydrogen) atoms. The zero-order chi connectivity index (χ0) is 24.3. The Hall–Kier alpha value is -3.38. The van der Waals surface area contributed by atoms with Crippen LogP contribution in [0.5, 0.6) is 11.6 Å². The second-order valence-electron chi connectivity index (χ2n) is 9.64. The molecule has 2 fully saturated rings. The number of hydrogen-bond acceptors (Lipinski definition) is 7. The molecule has 2 aromatic rings. The van der Waals surface area contributed by atoms with E-state index in [1.165, 1.54) is 18.2 Å². The molecule has 9 heteroatoms. The van der Waals surface area contributed by atoms with Crippen molar-refractivity contribution in [1.29, 1.82) is 5.26 Å². The highest BCUT2D eigenvalue weighted by molar-refractivity contribution is 5.68. The van der Waals surface area contributed by atoms with Crippen molar-refractivity contribution in [3.8, 4) is 17.7 Å². The number of aromatic nitrogens is 1. The summed E-state index contributed by atoms with van der Waals surface area (Å²) in [5, 5.41) is 9.47. The summed E-state index contributed by atoms with van der Waals surface area (Å²) in [5.41, 5.74) is -0.574. The Morgan fingerprint density at radius 3 is 2.65 bits per heavy atom. The summed E-state index contributed by atoms with van der Waals surface area (Å²) < 4.78 is 30.9. The van der Waals surface area contributed by atoms with Crippen LogP contribution < -0.4 is 9.64 Å². The van der Waals surface area contributed by atoms with E-state index < -0.39 is 17.0 Å². The van der Waals surface area contributed by atoms with E-state index in [2.05, 4.69) is 16.0 Å². The van der Waals surface area contributed by atoms with Crippen LogP contribution in [0.2, 0.25) is 0 Å².